The van der Waals surface area contributed by atoms with Crippen molar-refractivity contribution in [3.63, 3.8) is 0 Å². The fourth-order valence-electron chi connectivity index (χ4n) is 3.43. The molecule has 1 rings (SSSR count). The molecule has 0 spiro atoms. The number of rotatable bonds is 10. The van der Waals surface area contributed by atoms with E-state index >= 15 is 0 Å². The van der Waals surface area contributed by atoms with Crippen LogP contribution in [0, 0.1) is 34.0 Å². The molecule has 1 heterocycles. The monoisotopic (exact) mass is 339 g/mol. The topological polar surface area (TPSA) is 80.6 Å². The zero-order valence-electron chi connectivity index (χ0n) is 15.8. The first-order valence-electron chi connectivity index (χ1n) is 9.45. The molecule has 0 atom stereocenters. The minimum atomic E-state index is -0.527. The van der Waals surface area contributed by atoms with Gasteiger partial charge in [-0.25, -0.2) is 0 Å². The Morgan fingerprint density at radius 2 is 1.40 bits per heavy atom. The van der Waals surface area contributed by atoms with Crippen molar-refractivity contribution in [3.8, 4) is 18.2 Å². The van der Waals surface area contributed by atoms with Crippen LogP contribution in [0.25, 0.3) is 0 Å². The molecular formula is C21H29N3O. The first-order chi connectivity index (χ1) is 12.1. The molecule has 0 aromatic carbocycles. The summed E-state index contributed by atoms with van der Waals surface area (Å²) in [5.74, 6) is 0.191. The van der Waals surface area contributed by atoms with Crippen molar-refractivity contribution in [2.45, 2.75) is 90.6 Å². The van der Waals surface area contributed by atoms with E-state index in [2.05, 4.69) is 19.9 Å². The number of hydrogen-bond donors (Lipinski definition) is 0. The SMILES string of the molecule is CCCCCCC1(CCCCCC)OC(=C(C#N)C#N)C(C#N)=C1C. The maximum absolute atomic E-state index is 9.56. The van der Waals surface area contributed by atoms with Gasteiger partial charge in [0.05, 0.1) is 5.57 Å². The molecule has 4 heteroatoms. The molecule has 0 aromatic heterocycles. The summed E-state index contributed by atoms with van der Waals surface area (Å²) in [6.45, 7) is 6.29. The van der Waals surface area contributed by atoms with Crippen LogP contribution in [0.15, 0.2) is 22.5 Å². The van der Waals surface area contributed by atoms with Crippen LogP contribution in [-0.2, 0) is 4.74 Å². The molecule has 1 aliphatic heterocycles. The van der Waals surface area contributed by atoms with Crippen LogP contribution in [-0.4, -0.2) is 5.60 Å². The highest BCUT2D eigenvalue weighted by molar-refractivity contribution is 5.57. The maximum Gasteiger partial charge on any atom is 0.172 e. The van der Waals surface area contributed by atoms with E-state index in [-0.39, 0.29) is 11.3 Å². The normalized spacial score (nSPS) is 15.3. The zero-order chi connectivity index (χ0) is 18.7. The Labute approximate surface area is 152 Å². The van der Waals surface area contributed by atoms with Crippen LogP contribution >= 0.6 is 0 Å². The van der Waals surface area contributed by atoms with Crippen molar-refractivity contribution in [2.75, 3.05) is 0 Å². The predicted octanol–water partition coefficient (Wildman–Crippen LogP) is 5.84. The smallest absolute Gasteiger partial charge is 0.172 e. The number of nitriles is 3. The molecule has 0 bridgehead atoms. The van der Waals surface area contributed by atoms with E-state index in [9.17, 15) is 15.8 Å². The highest BCUT2D eigenvalue weighted by Crippen LogP contribution is 2.45. The molecule has 0 radical (unpaired) electrons. The van der Waals surface area contributed by atoms with E-state index in [4.69, 9.17) is 4.74 Å². The average Bonchev–Trinajstić information content (AvgIpc) is 2.89. The van der Waals surface area contributed by atoms with Crippen LogP contribution in [0.3, 0.4) is 0 Å². The van der Waals surface area contributed by atoms with Crippen LogP contribution in [0.4, 0.5) is 0 Å². The Bertz CT molecular complexity index is 610. The number of nitrogens with zero attached hydrogens (tertiary/aromatic N) is 3. The van der Waals surface area contributed by atoms with Crippen molar-refractivity contribution < 1.29 is 4.74 Å². The Hall–Kier alpha value is -2.25. The molecule has 0 saturated heterocycles. The quantitative estimate of drug-likeness (QED) is 0.370. The van der Waals surface area contributed by atoms with Gasteiger partial charge in [0.25, 0.3) is 0 Å². The molecule has 25 heavy (non-hydrogen) atoms. The summed E-state index contributed by atoms with van der Waals surface area (Å²) in [5.41, 5.74) is 0.644. The van der Waals surface area contributed by atoms with E-state index in [1.807, 2.05) is 19.1 Å². The van der Waals surface area contributed by atoms with Crippen LogP contribution in [0.5, 0.6) is 0 Å². The van der Waals surface area contributed by atoms with E-state index in [1.165, 1.54) is 25.7 Å². The van der Waals surface area contributed by atoms with Gasteiger partial charge >= 0.3 is 0 Å². The van der Waals surface area contributed by atoms with E-state index in [0.29, 0.717) is 5.57 Å². The summed E-state index contributed by atoms with van der Waals surface area (Å²) < 4.78 is 6.21. The molecular weight excluding hydrogens is 310 g/mol. The Morgan fingerprint density at radius 1 is 0.880 bits per heavy atom. The number of ether oxygens (including phenoxy) is 1. The lowest BCUT2D eigenvalue weighted by atomic mass is 9.83. The summed E-state index contributed by atoms with van der Waals surface area (Å²) in [6.07, 6.45) is 10.7. The second-order valence-corrected chi connectivity index (χ2v) is 6.76. The molecule has 4 nitrogen and oxygen atoms in total. The average molecular weight is 339 g/mol. The molecule has 134 valence electrons. The summed E-state index contributed by atoms with van der Waals surface area (Å²) >= 11 is 0. The van der Waals surface area contributed by atoms with Gasteiger partial charge in [-0.2, -0.15) is 15.8 Å². The minimum absolute atomic E-state index is 0.0973. The summed E-state index contributed by atoms with van der Waals surface area (Å²) in [6, 6.07) is 5.92. The van der Waals surface area contributed by atoms with Gasteiger partial charge in [0.15, 0.2) is 11.3 Å². The summed E-state index contributed by atoms with van der Waals surface area (Å²) in [5, 5.41) is 28.0. The molecule has 0 N–H and O–H groups in total. The fraction of sp³-hybridized carbons (Fsp3) is 0.667. The molecule has 0 unspecified atom stereocenters. The first kappa shape index (κ1) is 20.8. The largest absolute Gasteiger partial charge is 0.479 e. The van der Waals surface area contributed by atoms with E-state index in [1.54, 1.807) is 0 Å². The molecule has 0 saturated carbocycles. The second kappa shape index (κ2) is 10.6. The second-order valence-electron chi connectivity index (χ2n) is 6.76. The third-order valence-electron chi connectivity index (χ3n) is 5.01. The van der Waals surface area contributed by atoms with Gasteiger partial charge in [-0.1, -0.05) is 52.4 Å². The van der Waals surface area contributed by atoms with Crippen molar-refractivity contribution in [3.05, 3.63) is 22.5 Å². The Kier molecular flexibility index (Phi) is 8.80. The zero-order valence-corrected chi connectivity index (χ0v) is 15.8. The lowest BCUT2D eigenvalue weighted by molar-refractivity contribution is 0.0361. The lowest BCUT2D eigenvalue weighted by Crippen LogP contribution is -2.30. The van der Waals surface area contributed by atoms with Gasteiger partial charge in [-0.3, -0.25) is 0 Å². The summed E-state index contributed by atoms with van der Waals surface area (Å²) in [4.78, 5) is 0. The number of unbranched alkanes of at least 4 members (excludes halogenated alkanes) is 6. The van der Waals surface area contributed by atoms with Gasteiger partial charge < -0.3 is 4.74 Å². The molecule has 0 aliphatic carbocycles. The highest BCUT2D eigenvalue weighted by Gasteiger charge is 2.43. The summed E-state index contributed by atoms with van der Waals surface area (Å²) in [7, 11) is 0. The van der Waals surface area contributed by atoms with Crippen LogP contribution in [0.1, 0.15) is 85.0 Å². The fourth-order valence-corrected chi connectivity index (χ4v) is 3.43. The molecule has 0 aromatic rings. The first-order valence-corrected chi connectivity index (χ1v) is 9.45. The third kappa shape index (κ3) is 5.11. The number of allylic oxidation sites excluding steroid dienone is 2. The molecule has 1 aliphatic rings. The van der Waals surface area contributed by atoms with Crippen molar-refractivity contribution in [1.29, 1.82) is 15.8 Å². The van der Waals surface area contributed by atoms with E-state index < -0.39 is 5.60 Å². The minimum Gasteiger partial charge on any atom is -0.479 e. The lowest BCUT2D eigenvalue weighted by Gasteiger charge is -2.31. The van der Waals surface area contributed by atoms with Gasteiger partial charge in [0.2, 0.25) is 0 Å². The standard InChI is InChI=1S/C21H29N3O/c1-4-6-8-10-12-21(13-11-9-7-5-2)17(3)19(16-24)20(25-21)18(14-22)15-23/h4-13H2,1-3H3. The van der Waals surface area contributed by atoms with Gasteiger partial charge in [0.1, 0.15) is 23.8 Å². The van der Waals surface area contributed by atoms with Gasteiger partial charge in [-0.05, 0) is 38.2 Å². The van der Waals surface area contributed by atoms with Gasteiger partial charge in [0, 0.05) is 0 Å². The highest BCUT2D eigenvalue weighted by atomic mass is 16.5. The predicted molar refractivity (Wildman–Crippen MR) is 97.9 cm³/mol. The number of hydrogen-bond acceptors (Lipinski definition) is 4. The Morgan fingerprint density at radius 3 is 1.80 bits per heavy atom. The third-order valence-corrected chi connectivity index (χ3v) is 5.01. The van der Waals surface area contributed by atoms with Crippen LogP contribution < -0.4 is 0 Å². The van der Waals surface area contributed by atoms with Crippen LogP contribution in [0.2, 0.25) is 0 Å². The maximum atomic E-state index is 9.56. The van der Waals surface area contributed by atoms with Crippen molar-refractivity contribution >= 4 is 0 Å². The molecule has 0 fully saturated rings. The van der Waals surface area contributed by atoms with E-state index in [0.717, 1.165) is 44.1 Å². The Balaban J connectivity index is 3.12. The van der Waals surface area contributed by atoms with Gasteiger partial charge in [-0.15, -0.1) is 0 Å². The van der Waals surface area contributed by atoms with Crippen molar-refractivity contribution in [2.24, 2.45) is 0 Å². The molecule has 0 amide bonds. The van der Waals surface area contributed by atoms with Crippen molar-refractivity contribution in [1.82, 2.24) is 0 Å².